The maximum absolute atomic E-state index is 16.3. The van der Waals surface area contributed by atoms with Gasteiger partial charge in [-0.2, -0.15) is 19.9 Å². The van der Waals surface area contributed by atoms with Crippen molar-refractivity contribution < 1.29 is 74.0 Å². The van der Waals surface area contributed by atoms with Crippen LogP contribution in [0.5, 0.6) is 11.8 Å². The fourth-order valence-corrected chi connectivity index (χ4v) is 13.1. The molecule has 396 valence electrons. The number of nitrogen functional groups attached to an aromatic ring is 2. The van der Waals surface area contributed by atoms with E-state index in [4.69, 9.17) is 58.0 Å². The number of halogens is 2. The number of aromatic nitrogens is 8. The normalized spacial score (nSPS) is 33.5. The molecule has 2 saturated carbocycles. The van der Waals surface area contributed by atoms with Gasteiger partial charge in [0.05, 0.1) is 39.1 Å². The average Bonchev–Trinajstić information content (AvgIpc) is 4.20. The molecule has 0 aromatic carbocycles. The number of esters is 2. The summed E-state index contributed by atoms with van der Waals surface area (Å²) in [6.07, 6.45) is 2.83. The molecule has 10 rings (SSSR count). The van der Waals surface area contributed by atoms with E-state index in [2.05, 4.69) is 40.1 Å². The van der Waals surface area contributed by atoms with Crippen LogP contribution in [-0.4, -0.2) is 137 Å². The van der Waals surface area contributed by atoms with Gasteiger partial charge in [0.1, 0.15) is 48.7 Å². The number of rotatable bonds is 14. The molecule has 4 saturated heterocycles. The minimum atomic E-state index is -4.06. The number of anilines is 2. The van der Waals surface area contributed by atoms with Crippen molar-refractivity contribution in [3.63, 3.8) is 0 Å². The summed E-state index contributed by atoms with van der Waals surface area (Å²) in [6, 6.07) is -1.96. The second-order valence-corrected chi connectivity index (χ2v) is 22.1. The van der Waals surface area contributed by atoms with Crippen LogP contribution in [0.15, 0.2) is 12.7 Å². The molecule has 2 aliphatic carbocycles. The number of nitrogens with one attached hydrogen (secondary N) is 2. The smallest absolute Gasteiger partial charge is 0.406 e. The van der Waals surface area contributed by atoms with E-state index in [0.717, 1.165) is 51.4 Å². The minimum Gasteiger partial charge on any atom is -0.476 e. The number of hydrogen-bond donors (Lipinski definition) is 4. The lowest BCUT2D eigenvalue weighted by molar-refractivity contribution is -0.151. The Hall–Kier alpha value is -4.76. The third-order valence-corrected chi connectivity index (χ3v) is 16.5. The number of imidazole rings is 2. The maximum atomic E-state index is 16.3. The Morgan fingerprint density at radius 2 is 1.08 bits per heavy atom. The highest BCUT2D eigenvalue weighted by Crippen LogP contribution is 2.59. The Morgan fingerprint density at radius 3 is 1.44 bits per heavy atom. The van der Waals surface area contributed by atoms with Gasteiger partial charge in [-0.25, -0.2) is 38.1 Å². The first-order valence-corrected chi connectivity index (χ1v) is 27.1. The molecule has 6 N–H and O–H groups in total. The Balaban J connectivity index is 0.000000178. The van der Waals surface area contributed by atoms with Gasteiger partial charge in [-0.15, -0.1) is 0 Å². The van der Waals surface area contributed by atoms with Gasteiger partial charge >= 0.3 is 27.4 Å². The second-order valence-electron chi connectivity index (χ2n) is 18.7. The van der Waals surface area contributed by atoms with E-state index >= 15 is 8.78 Å². The molecule has 4 aliphatic heterocycles. The van der Waals surface area contributed by atoms with Crippen LogP contribution < -0.4 is 31.1 Å². The van der Waals surface area contributed by atoms with Crippen molar-refractivity contribution in [1.29, 1.82) is 0 Å². The molecule has 6 aliphatic rings. The summed E-state index contributed by atoms with van der Waals surface area (Å²) >= 11 is 0. The molecule has 0 bridgehead atoms. The molecule has 4 aromatic rings. The molecular formula is C42H60F2N12O14P2. The summed E-state index contributed by atoms with van der Waals surface area (Å²) in [6.45, 7) is 9.31. The summed E-state index contributed by atoms with van der Waals surface area (Å²) in [5.41, 5.74) is 8.28. The number of ether oxygens (including phenoxy) is 6. The predicted molar refractivity (Wildman–Crippen MR) is 247 cm³/mol. The van der Waals surface area contributed by atoms with Crippen molar-refractivity contribution in [3.8, 4) is 11.8 Å². The summed E-state index contributed by atoms with van der Waals surface area (Å²) < 4.78 is 118. The van der Waals surface area contributed by atoms with Gasteiger partial charge in [0, 0.05) is 0 Å². The van der Waals surface area contributed by atoms with E-state index < -0.39 is 87.7 Å². The van der Waals surface area contributed by atoms with Gasteiger partial charge in [0.15, 0.2) is 46.1 Å². The first-order chi connectivity index (χ1) is 34.2. The fourth-order valence-electron chi connectivity index (χ4n) is 9.61. The van der Waals surface area contributed by atoms with Crippen LogP contribution in [0.4, 0.5) is 20.7 Å². The molecule has 0 amide bonds. The lowest BCUT2D eigenvalue weighted by Crippen LogP contribution is -2.47. The number of nitrogens with two attached hydrogens (primary N) is 2. The third-order valence-electron chi connectivity index (χ3n) is 13.1. The monoisotopic (exact) mass is 1060 g/mol. The summed E-state index contributed by atoms with van der Waals surface area (Å²) in [5.74, 6) is -0.946. The number of alkyl halides is 2. The lowest BCUT2D eigenvalue weighted by atomic mass is 9.98. The number of nitrogens with zero attached hydrogens (tertiary/aromatic N) is 8. The SMILES string of the molecule is CCOc1nc(N)nc2c1ncn2[C@@H]1O[C@@H]2COP(=O)(N[C@@H](C)C(=O)OC3CCCC3)O[C@H]2[C@@]1(C)F.CCOc1nc(N)nc2c1ncn2[C@@H]1O[C@@H]2COP(=O)(N[C@@H](C)C(=O)OC3CCCC3)O[C@H]2[C@@]1(C)F. The summed E-state index contributed by atoms with van der Waals surface area (Å²) in [7, 11) is -8.11. The van der Waals surface area contributed by atoms with Crippen molar-refractivity contribution in [2.45, 2.75) is 165 Å². The summed E-state index contributed by atoms with van der Waals surface area (Å²) in [4.78, 5) is 49.8. The molecule has 0 radical (unpaired) electrons. The quantitative estimate of drug-likeness (QED) is 0.0969. The predicted octanol–water partition coefficient (Wildman–Crippen LogP) is 4.84. The molecule has 12 atom stereocenters. The number of hydrogen-bond acceptors (Lipinski definition) is 22. The van der Waals surface area contributed by atoms with Crippen molar-refractivity contribution in [1.82, 2.24) is 49.2 Å². The number of fused-ring (bicyclic) bond motifs is 4. The van der Waals surface area contributed by atoms with E-state index in [9.17, 15) is 18.7 Å². The molecule has 30 heteroatoms. The first kappa shape index (κ1) is 52.1. The third kappa shape index (κ3) is 10.4. The average molecular weight is 1060 g/mol. The highest BCUT2D eigenvalue weighted by atomic mass is 31.2. The van der Waals surface area contributed by atoms with E-state index in [0.29, 0.717) is 24.2 Å². The van der Waals surface area contributed by atoms with E-state index in [1.807, 2.05) is 0 Å². The standard InChI is InChI=1S/2C21H30FN6O7P/c2*1-4-31-17-14-16(25-20(23)26-17)28(10-24-14)19-21(3,22)15-13(34-19)9-32-36(30,35-15)27-11(2)18(29)33-12-7-5-6-8-12/h2*10-13,15,19H,4-9H2,1-3H3,(H,27,30)(H2,23,25,26)/t2*11-,13+,15+,19+,21+,36?/m00/s1. The zero-order chi connectivity index (χ0) is 51.3. The van der Waals surface area contributed by atoms with E-state index in [1.165, 1.54) is 49.5 Å². The Bertz CT molecular complexity index is 2560. The van der Waals surface area contributed by atoms with Crippen LogP contribution in [0.3, 0.4) is 0 Å². The molecule has 6 fully saturated rings. The molecule has 2 unspecified atom stereocenters. The fraction of sp³-hybridized carbons (Fsp3) is 0.714. The molecule has 0 spiro atoms. The molecule has 8 heterocycles. The maximum Gasteiger partial charge on any atom is 0.406 e. The molecule has 4 aromatic heterocycles. The van der Waals surface area contributed by atoms with Gasteiger partial charge in [0.25, 0.3) is 0 Å². The zero-order valence-electron chi connectivity index (χ0n) is 40.5. The van der Waals surface area contributed by atoms with Crippen LogP contribution in [0.2, 0.25) is 0 Å². The van der Waals surface area contributed by atoms with E-state index in [-0.39, 0.29) is 60.4 Å². The zero-order valence-corrected chi connectivity index (χ0v) is 42.3. The largest absolute Gasteiger partial charge is 0.476 e. The van der Waals surface area contributed by atoms with Gasteiger partial charge in [-0.1, -0.05) is 0 Å². The lowest BCUT2D eigenvalue weighted by Gasteiger charge is -2.35. The molecule has 26 nitrogen and oxygen atoms in total. The Labute approximate surface area is 411 Å². The molecule has 72 heavy (non-hydrogen) atoms. The molecular weight excluding hydrogens is 996 g/mol. The Kier molecular flexibility index (Phi) is 14.8. The number of carbonyl (C=O) groups is 2. The van der Waals surface area contributed by atoms with Gasteiger partial charge < -0.3 is 39.9 Å². The van der Waals surface area contributed by atoms with Gasteiger partial charge in [0.2, 0.25) is 23.7 Å². The number of carbonyl (C=O) groups excluding carboxylic acids is 2. The van der Waals surface area contributed by atoms with Crippen LogP contribution in [-0.2, 0) is 55.8 Å². The van der Waals surface area contributed by atoms with Gasteiger partial charge in [-0.3, -0.25) is 36.8 Å². The van der Waals surface area contributed by atoms with Crippen molar-refractivity contribution >= 4 is 61.7 Å². The minimum absolute atomic E-state index is 0.0737. The van der Waals surface area contributed by atoms with Crippen LogP contribution in [0.25, 0.3) is 22.3 Å². The van der Waals surface area contributed by atoms with Crippen LogP contribution in [0.1, 0.15) is 105 Å². The van der Waals surface area contributed by atoms with E-state index in [1.54, 1.807) is 13.8 Å². The van der Waals surface area contributed by atoms with Crippen molar-refractivity contribution in [2.24, 2.45) is 0 Å². The van der Waals surface area contributed by atoms with Crippen LogP contribution in [0, 0.1) is 0 Å². The second kappa shape index (κ2) is 20.5. The topological polar surface area (TPSA) is 324 Å². The van der Waals surface area contributed by atoms with Crippen LogP contribution >= 0.6 is 15.5 Å². The van der Waals surface area contributed by atoms with Gasteiger partial charge in [-0.05, 0) is 92.9 Å². The van der Waals surface area contributed by atoms with Crippen molar-refractivity contribution in [2.75, 3.05) is 37.9 Å². The first-order valence-electron chi connectivity index (χ1n) is 24.0. The Morgan fingerprint density at radius 1 is 0.708 bits per heavy atom. The van der Waals surface area contributed by atoms with Crippen molar-refractivity contribution in [3.05, 3.63) is 12.7 Å². The summed E-state index contributed by atoms with van der Waals surface area (Å²) in [5, 5.41) is 5.14. The highest BCUT2D eigenvalue weighted by Gasteiger charge is 2.63. The highest BCUT2D eigenvalue weighted by molar-refractivity contribution is 7.52.